The third kappa shape index (κ3) is 4.64. The highest BCUT2D eigenvalue weighted by atomic mass is 35.5. The molecule has 0 amide bonds. The fourth-order valence-electron chi connectivity index (χ4n) is 2.61. The second-order valence-corrected chi connectivity index (χ2v) is 5.98. The molecule has 0 unspecified atom stereocenters. The molecule has 2 aromatic carbocycles. The van der Waals surface area contributed by atoms with E-state index in [9.17, 15) is 0 Å². The monoisotopic (exact) mass is 344 g/mol. The second-order valence-electron chi connectivity index (χ2n) is 5.54. The average Bonchev–Trinajstić information content (AvgIpc) is 2.57. The Morgan fingerprint density at radius 3 is 2.46 bits per heavy atom. The Bertz CT molecular complexity index is 734. The van der Waals surface area contributed by atoms with Gasteiger partial charge in [0.05, 0.1) is 19.8 Å². The number of nitriles is 1. The maximum absolute atomic E-state index is 9.14. The van der Waals surface area contributed by atoms with Gasteiger partial charge in [0.25, 0.3) is 0 Å². The smallest absolute Gasteiger partial charge is 0.137 e. The van der Waals surface area contributed by atoms with Gasteiger partial charge in [0.2, 0.25) is 0 Å². The van der Waals surface area contributed by atoms with E-state index in [0.29, 0.717) is 17.1 Å². The minimum Gasteiger partial charge on any atom is -0.496 e. The molecule has 0 bridgehead atoms. The Balaban J connectivity index is 2.00. The maximum Gasteiger partial charge on any atom is 0.137 e. The van der Waals surface area contributed by atoms with E-state index in [1.165, 1.54) is 0 Å². The summed E-state index contributed by atoms with van der Waals surface area (Å²) in [5, 5.41) is 13.3. The molecular weight excluding hydrogens is 324 g/mol. The minimum atomic E-state index is 0.473. The fourth-order valence-corrected chi connectivity index (χ4v) is 2.93. The summed E-state index contributed by atoms with van der Waals surface area (Å²) >= 11 is 6.08. The standard InChI is InChI=1S/C19H21ClN2O2/c1-13-6-14(8-17(20)7-13)12-22-5-4-15-9-19(24-3)16(11-21)10-18(15)23-2/h6-10,22H,4-5,12H2,1-3H3. The van der Waals surface area contributed by atoms with E-state index in [1.807, 2.05) is 25.1 Å². The Morgan fingerprint density at radius 1 is 1.08 bits per heavy atom. The number of halogens is 1. The lowest BCUT2D eigenvalue weighted by Gasteiger charge is -2.12. The molecule has 126 valence electrons. The number of hydrogen-bond acceptors (Lipinski definition) is 4. The Morgan fingerprint density at radius 2 is 1.83 bits per heavy atom. The summed E-state index contributed by atoms with van der Waals surface area (Å²) in [6, 6.07) is 11.7. The molecular formula is C19H21ClN2O2. The van der Waals surface area contributed by atoms with Crippen molar-refractivity contribution in [3.63, 3.8) is 0 Å². The van der Waals surface area contributed by atoms with E-state index < -0.39 is 0 Å². The first-order valence-corrected chi connectivity index (χ1v) is 8.07. The Hall–Kier alpha value is -2.22. The number of benzene rings is 2. The van der Waals surface area contributed by atoms with Crippen molar-refractivity contribution < 1.29 is 9.47 Å². The Kier molecular flexibility index (Phi) is 6.48. The van der Waals surface area contributed by atoms with Crippen LogP contribution < -0.4 is 14.8 Å². The predicted molar refractivity (Wildman–Crippen MR) is 95.9 cm³/mol. The largest absolute Gasteiger partial charge is 0.496 e. The molecule has 0 aliphatic carbocycles. The summed E-state index contributed by atoms with van der Waals surface area (Å²) in [7, 11) is 3.17. The molecule has 0 radical (unpaired) electrons. The summed E-state index contributed by atoms with van der Waals surface area (Å²) in [5.74, 6) is 1.27. The molecule has 2 rings (SSSR count). The number of aryl methyl sites for hydroxylation is 1. The van der Waals surface area contributed by atoms with Gasteiger partial charge in [-0.15, -0.1) is 0 Å². The topological polar surface area (TPSA) is 54.3 Å². The van der Waals surface area contributed by atoms with E-state index in [-0.39, 0.29) is 0 Å². The second kappa shape index (κ2) is 8.58. The zero-order chi connectivity index (χ0) is 17.5. The van der Waals surface area contributed by atoms with Gasteiger partial charge in [0.1, 0.15) is 17.6 Å². The zero-order valence-corrected chi connectivity index (χ0v) is 14.9. The highest BCUT2D eigenvalue weighted by molar-refractivity contribution is 6.30. The lowest BCUT2D eigenvalue weighted by atomic mass is 10.1. The molecule has 0 atom stereocenters. The molecule has 0 fully saturated rings. The third-order valence-electron chi connectivity index (χ3n) is 3.73. The van der Waals surface area contributed by atoms with Gasteiger partial charge in [-0.1, -0.05) is 17.7 Å². The molecule has 24 heavy (non-hydrogen) atoms. The molecule has 0 saturated heterocycles. The minimum absolute atomic E-state index is 0.473. The van der Waals surface area contributed by atoms with Crippen LogP contribution in [0.1, 0.15) is 22.3 Å². The van der Waals surface area contributed by atoms with E-state index in [0.717, 1.165) is 41.2 Å². The number of methoxy groups -OCH3 is 2. The molecule has 1 N–H and O–H groups in total. The average molecular weight is 345 g/mol. The fraction of sp³-hybridized carbons (Fsp3) is 0.316. The van der Waals surface area contributed by atoms with Crippen LogP contribution >= 0.6 is 11.6 Å². The van der Waals surface area contributed by atoms with Crippen molar-refractivity contribution in [1.29, 1.82) is 5.26 Å². The molecule has 0 saturated carbocycles. The maximum atomic E-state index is 9.14. The third-order valence-corrected chi connectivity index (χ3v) is 3.94. The number of rotatable bonds is 7. The van der Waals surface area contributed by atoms with Crippen LogP contribution in [-0.2, 0) is 13.0 Å². The molecule has 0 heterocycles. The van der Waals surface area contributed by atoms with Gasteiger partial charge in [-0.3, -0.25) is 0 Å². The number of nitrogens with zero attached hydrogens (tertiary/aromatic N) is 1. The van der Waals surface area contributed by atoms with Crippen LogP contribution in [0.3, 0.4) is 0 Å². The normalized spacial score (nSPS) is 10.3. The highest BCUT2D eigenvalue weighted by Crippen LogP contribution is 2.28. The van der Waals surface area contributed by atoms with Crippen LogP contribution in [0, 0.1) is 18.3 Å². The van der Waals surface area contributed by atoms with Crippen molar-refractivity contribution in [3.8, 4) is 17.6 Å². The van der Waals surface area contributed by atoms with Gasteiger partial charge in [-0.2, -0.15) is 5.26 Å². The van der Waals surface area contributed by atoms with Gasteiger partial charge < -0.3 is 14.8 Å². The lowest BCUT2D eigenvalue weighted by molar-refractivity contribution is 0.397. The van der Waals surface area contributed by atoms with E-state index in [2.05, 4.69) is 17.5 Å². The predicted octanol–water partition coefficient (Wildman–Crippen LogP) is 3.87. The van der Waals surface area contributed by atoms with Crippen LogP contribution in [0.2, 0.25) is 5.02 Å². The van der Waals surface area contributed by atoms with Crippen LogP contribution in [0.25, 0.3) is 0 Å². The van der Waals surface area contributed by atoms with Crippen molar-refractivity contribution in [3.05, 3.63) is 57.6 Å². The van der Waals surface area contributed by atoms with Crippen molar-refractivity contribution >= 4 is 11.6 Å². The van der Waals surface area contributed by atoms with Gasteiger partial charge in [0, 0.05) is 17.6 Å². The first kappa shape index (κ1) is 18.1. The van der Waals surface area contributed by atoms with Gasteiger partial charge in [-0.05, 0) is 54.8 Å². The summed E-state index contributed by atoms with van der Waals surface area (Å²) in [4.78, 5) is 0. The first-order valence-electron chi connectivity index (χ1n) is 7.69. The number of ether oxygens (including phenoxy) is 2. The van der Waals surface area contributed by atoms with Crippen LogP contribution in [0.15, 0.2) is 30.3 Å². The molecule has 0 spiro atoms. The first-order chi connectivity index (χ1) is 11.6. The molecule has 0 aromatic heterocycles. The summed E-state index contributed by atoms with van der Waals surface area (Å²) in [6.45, 7) is 3.55. The van der Waals surface area contributed by atoms with Crippen molar-refractivity contribution in [2.24, 2.45) is 0 Å². The van der Waals surface area contributed by atoms with Gasteiger partial charge in [0.15, 0.2) is 0 Å². The number of hydrogen-bond donors (Lipinski definition) is 1. The highest BCUT2D eigenvalue weighted by Gasteiger charge is 2.10. The van der Waals surface area contributed by atoms with Crippen molar-refractivity contribution in [2.75, 3.05) is 20.8 Å². The SMILES string of the molecule is COc1cc(CCNCc2cc(C)cc(Cl)c2)c(OC)cc1C#N. The zero-order valence-electron chi connectivity index (χ0n) is 14.1. The summed E-state index contributed by atoms with van der Waals surface area (Å²) < 4.78 is 10.6. The Labute approximate surface area is 148 Å². The molecule has 0 aliphatic heterocycles. The van der Waals surface area contributed by atoms with Gasteiger partial charge >= 0.3 is 0 Å². The molecule has 5 heteroatoms. The number of nitrogens with one attached hydrogen (secondary N) is 1. The quantitative estimate of drug-likeness (QED) is 0.775. The van der Waals surface area contributed by atoms with Gasteiger partial charge in [-0.25, -0.2) is 0 Å². The van der Waals surface area contributed by atoms with Crippen molar-refractivity contribution in [1.82, 2.24) is 5.32 Å². The van der Waals surface area contributed by atoms with Crippen LogP contribution in [0.5, 0.6) is 11.5 Å². The van der Waals surface area contributed by atoms with E-state index in [4.69, 9.17) is 26.3 Å². The molecule has 2 aromatic rings. The molecule has 4 nitrogen and oxygen atoms in total. The van der Waals surface area contributed by atoms with Crippen LogP contribution in [0.4, 0.5) is 0 Å². The van der Waals surface area contributed by atoms with Crippen LogP contribution in [-0.4, -0.2) is 20.8 Å². The van der Waals surface area contributed by atoms with E-state index in [1.54, 1.807) is 20.3 Å². The molecule has 0 aliphatic rings. The summed E-state index contributed by atoms with van der Waals surface area (Å²) in [5.41, 5.74) is 3.78. The van der Waals surface area contributed by atoms with Crippen molar-refractivity contribution in [2.45, 2.75) is 19.9 Å². The van der Waals surface area contributed by atoms with E-state index >= 15 is 0 Å². The lowest BCUT2D eigenvalue weighted by Crippen LogP contribution is -2.17. The summed E-state index contributed by atoms with van der Waals surface area (Å²) in [6.07, 6.45) is 0.769.